The predicted octanol–water partition coefficient (Wildman–Crippen LogP) is 4.30. The van der Waals surface area contributed by atoms with Crippen LogP contribution in [0, 0.1) is 0 Å². The summed E-state index contributed by atoms with van der Waals surface area (Å²) in [5, 5.41) is 9.77. The van der Waals surface area contributed by atoms with Crippen LogP contribution in [0.5, 0.6) is 5.75 Å². The average molecular weight is 443 g/mol. The Bertz CT molecular complexity index is 676. The summed E-state index contributed by atoms with van der Waals surface area (Å²) in [6, 6.07) is 6.13. The number of carbonyl (C=O) groups is 2. The first-order valence-electron chi connectivity index (χ1n) is 8.49. The van der Waals surface area contributed by atoms with Gasteiger partial charge in [0.1, 0.15) is 11.4 Å². The van der Waals surface area contributed by atoms with Gasteiger partial charge < -0.3 is 19.5 Å². The second-order valence-electron chi connectivity index (χ2n) is 7.42. The zero-order valence-electron chi connectivity index (χ0n) is 15.5. The van der Waals surface area contributed by atoms with Crippen molar-refractivity contribution in [2.75, 3.05) is 20.2 Å². The monoisotopic (exact) mass is 442 g/mol. The van der Waals surface area contributed by atoms with Crippen LogP contribution < -0.4 is 4.74 Å². The zero-order chi connectivity index (χ0) is 19.5. The van der Waals surface area contributed by atoms with Crippen molar-refractivity contribution in [1.29, 1.82) is 0 Å². The standard InChI is InChI=1S/C18H25BrNO5Si/c1-18(2,3)25-16(21)20-6-5-15(10-20)26(17(22)23)11-12-7-13(19)9-14(8-12)24-4/h7-9,15H,5-6,10-11H2,1-4H3,(H,22,23)/t15-/m0/s1. The van der Waals surface area contributed by atoms with E-state index in [9.17, 15) is 14.7 Å². The molecule has 0 bridgehead atoms. The summed E-state index contributed by atoms with van der Waals surface area (Å²) in [6.07, 6.45) is 0.334. The molecule has 1 radical (unpaired) electrons. The molecule has 1 N–H and O–H groups in total. The number of methoxy groups -OCH3 is 1. The number of carboxylic acid groups (broad SMARTS) is 1. The number of benzene rings is 1. The van der Waals surface area contributed by atoms with Crippen LogP contribution in [0.3, 0.4) is 0 Å². The Balaban J connectivity index is 2.08. The number of rotatable bonds is 5. The maximum Gasteiger partial charge on any atom is 0.410 e. The summed E-state index contributed by atoms with van der Waals surface area (Å²) in [4.78, 5) is 25.8. The van der Waals surface area contributed by atoms with Crippen LogP contribution in [0.2, 0.25) is 5.54 Å². The molecule has 1 aromatic carbocycles. The Kier molecular flexibility index (Phi) is 6.73. The molecule has 1 aliphatic rings. The number of nitrogens with zero attached hydrogens (tertiary/aromatic N) is 1. The molecule has 1 heterocycles. The van der Waals surface area contributed by atoms with Gasteiger partial charge >= 0.3 is 6.09 Å². The van der Waals surface area contributed by atoms with E-state index in [1.54, 1.807) is 12.0 Å². The van der Waals surface area contributed by atoms with Crippen molar-refractivity contribution in [2.45, 2.75) is 44.4 Å². The van der Waals surface area contributed by atoms with Crippen molar-refractivity contribution >= 4 is 36.4 Å². The molecule has 0 aromatic heterocycles. The number of likely N-dealkylation sites (tertiary alicyclic amines) is 1. The van der Waals surface area contributed by atoms with Gasteiger partial charge in [0, 0.05) is 17.6 Å². The van der Waals surface area contributed by atoms with E-state index in [-0.39, 0.29) is 11.6 Å². The lowest BCUT2D eigenvalue weighted by Gasteiger charge is -2.25. The smallest absolute Gasteiger partial charge is 0.410 e. The summed E-state index contributed by atoms with van der Waals surface area (Å²) < 4.78 is 11.5. The van der Waals surface area contributed by atoms with Gasteiger partial charge in [-0.15, -0.1) is 0 Å². The second kappa shape index (κ2) is 8.43. The molecule has 143 valence electrons. The maximum atomic E-state index is 12.2. The van der Waals surface area contributed by atoms with Gasteiger partial charge in [0.25, 0.3) is 5.59 Å². The molecular weight excluding hydrogens is 418 g/mol. The molecule has 1 aromatic rings. The van der Waals surface area contributed by atoms with Crippen molar-refractivity contribution in [3.8, 4) is 5.75 Å². The molecule has 26 heavy (non-hydrogen) atoms. The normalized spacial score (nSPS) is 17.5. The number of ether oxygens (including phenoxy) is 2. The van der Waals surface area contributed by atoms with Crippen molar-refractivity contribution in [3.63, 3.8) is 0 Å². The fourth-order valence-corrected chi connectivity index (χ4v) is 5.86. The van der Waals surface area contributed by atoms with E-state index < -0.39 is 20.0 Å². The minimum absolute atomic E-state index is 0.00463. The van der Waals surface area contributed by atoms with E-state index >= 15 is 0 Å². The third-order valence-electron chi connectivity index (χ3n) is 4.17. The van der Waals surface area contributed by atoms with E-state index in [1.165, 1.54) is 0 Å². The Morgan fingerprint density at radius 1 is 1.35 bits per heavy atom. The first-order valence-corrected chi connectivity index (χ1v) is 11.1. The van der Waals surface area contributed by atoms with Gasteiger partial charge in [-0.2, -0.15) is 0 Å². The van der Waals surface area contributed by atoms with Crippen LogP contribution in [0.25, 0.3) is 0 Å². The molecule has 1 aliphatic heterocycles. The van der Waals surface area contributed by atoms with Gasteiger partial charge in [0.2, 0.25) is 8.80 Å². The molecule has 0 unspecified atom stereocenters. The van der Waals surface area contributed by atoms with E-state index in [2.05, 4.69) is 15.9 Å². The molecule has 1 atom stereocenters. The fourth-order valence-electron chi connectivity index (χ4n) is 2.99. The summed E-state index contributed by atoms with van der Waals surface area (Å²) in [5.41, 5.74) is -0.369. The first-order chi connectivity index (χ1) is 12.1. The van der Waals surface area contributed by atoms with Crippen molar-refractivity contribution in [3.05, 3.63) is 28.2 Å². The van der Waals surface area contributed by atoms with Crippen molar-refractivity contribution in [1.82, 2.24) is 4.90 Å². The highest BCUT2D eigenvalue weighted by Crippen LogP contribution is 2.30. The topological polar surface area (TPSA) is 76.1 Å². The number of hydrogen-bond acceptors (Lipinski definition) is 4. The van der Waals surface area contributed by atoms with Gasteiger partial charge in [-0.25, -0.2) is 4.79 Å². The number of amides is 1. The quantitative estimate of drug-likeness (QED) is 0.687. The highest BCUT2D eigenvalue weighted by atomic mass is 79.9. The van der Waals surface area contributed by atoms with Crippen LogP contribution in [-0.2, 0) is 10.8 Å². The van der Waals surface area contributed by atoms with Crippen LogP contribution in [0.1, 0.15) is 32.8 Å². The Hall–Kier alpha value is -1.54. The number of hydrogen-bond donors (Lipinski definition) is 1. The third-order valence-corrected chi connectivity index (χ3v) is 7.42. The predicted molar refractivity (Wildman–Crippen MR) is 104 cm³/mol. The molecular formula is C18H25BrNO5Si. The SMILES string of the molecule is COc1cc(Br)cc(C[Si](C(=O)O)[C@H]2CCN(C(=O)OC(C)(C)C)C2)c1. The number of carbonyl (C=O) groups excluding carboxylic acids is 1. The highest BCUT2D eigenvalue weighted by molar-refractivity contribution is 9.10. The molecule has 1 saturated heterocycles. The molecule has 2 rings (SSSR count). The van der Waals surface area contributed by atoms with E-state index in [0.717, 1.165) is 10.0 Å². The summed E-state index contributed by atoms with van der Waals surface area (Å²) in [6.45, 7) is 6.46. The Morgan fingerprint density at radius 3 is 2.62 bits per heavy atom. The lowest BCUT2D eigenvalue weighted by atomic mass is 10.2. The van der Waals surface area contributed by atoms with Gasteiger partial charge in [-0.1, -0.05) is 15.9 Å². The van der Waals surface area contributed by atoms with Crippen LogP contribution in [-0.4, -0.2) is 56.3 Å². The summed E-state index contributed by atoms with van der Waals surface area (Å²) in [5.74, 6) is 0.697. The summed E-state index contributed by atoms with van der Waals surface area (Å²) >= 11 is 3.44. The molecule has 6 nitrogen and oxygen atoms in total. The minimum Gasteiger partial charge on any atom is -0.497 e. The Morgan fingerprint density at radius 2 is 2.04 bits per heavy atom. The highest BCUT2D eigenvalue weighted by Gasteiger charge is 2.39. The first kappa shape index (κ1) is 20.8. The van der Waals surface area contributed by atoms with Crippen LogP contribution in [0.15, 0.2) is 22.7 Å². The maximum absolute atomic E-state index is 12.2. The third kappa shape index (κ3) is 5.74. The van der Waals surface area contributed by atoms with Crippen molar-refractivity contribution < 1.29 is 24.2 Å². The molecule has 0 spiro atoms. The van der Waals surface area contributed by atoms with Crippen LogP contribution in [0.4, 0.5) is 9.59 Å². The molecule has 0 aliphatic carbocycles. The van der Waals surface area contributed by atoms with E-state index in [4.69, 9.17) is 9.47 Å². The lowest BCUT2D eigenvalue weighted by molar-refractivity contribution is 0.0294. The second-order valence-corrected chi connectivity index (χ2v) is 11.0. The van der Waals surface area contributed by atoms with Crippen molar-refractivity contribution in [2.24, 2.45) is 0 Å². The van der Waals surface area contributed by atoms with E-state index in [0.29, 0.717) is 31.3 Å². The van der Waals surface area contributed by atoms with Gasteiger partial charge in [0.15, 0.2) is 0 Å². The minimum atomic E-state index is -1.75. The average Bonchev–Trinajstić information content (AvgIpc) is 2.99. The zero-order valence-corrected chi connectivity index (χ0v) is 18.1. The molecule has 0 saturated carbocycles. The van der Waals surface area contributed by atoms with Gasteiger partial charge in [0.05, 0.1) is 7.11 Å². The van der Waals surface area contributed by atoms with E-state index in [1.807, 2.05) is 39.0 Å². The van der Waals surface area contributed by atoms with Gasteiger partial charge in [-0.3, -0.25) is 4.79 Å². The Labute approximate surface area is 164 Å². The number of halogens is 1. The van der Waals surface area contributed by atoms with Gasteiger partial charge in [-0.05, 0) is 62.5 Å². The molecule has 1 fully saturated rings. The molecule has 1 amide bonds. The molecule has 8 heteroatoms. The fraction of sp³-hybridized carbons (Fsp3) is 0.556. The lowest BCUT2D eigenvalue weighted by Crippen LogP contribution is -2.38. The summed E-state index contributed by atoms with van der Waals surface area (Å²) in [7, 11) is -0.163. The largest absolute Gasteiger partial charge is 0.497 e. The van der Waals surface area contributed by atoms with Crippen LogP contribution >= 0.6 is 15.9 Å².